The van der Waals surface area contributed by atoms with Gasteiger partial charge in [-0.3, -0.25) is 15.0 Å². The van der Waals surface area contributed by atoms with Crippen LogP contribution < -0.4 is 10.2 Å². The number of carbonyl (C=O) groups is 2. The highest BCUT2D eigenvalue weighted by molar-refractivity contribution is 8.26. The molecule has 2 aromatic carbocycles. The van der Waals surface area contributed by atoms with Gasteiger partial charge >= 0.3 is 0 Å². The maximum atomic E-state index is 12.5. The third-order valence-electron chi connectivity index (χ3n) is 3.70. The molecule has 0 saturated carbocycles. The molecule has 1 fully saturated rings. The fraction of sp³-hybridized carbons (Fsp3) is 0.0500. The van der Waals surface area contributed by atoms with Crippen LogP contribution in [0.3, 0.4) is 0 Å². The van der Waals surface area contributed by atoms with E-state index in [1.165, 1.54) is 12.1 Å². The highest BCUT2D eigenvalue weighted by Gasteiger charge is 2.33. The number of ether oxygens (including phenoxy) is 1. The molecular formula is C20H13Cl3N2O3S2. The topological polar surface area (TPSA) is 58.6 Å². The predicted octanol–water partition coefficient (Wildman–Crippen LogP) is 5.51. The van der Waals surface area contributed by atoms with Gasteiger partial charge in [-0.25, -0.2) is 0 Å². The van der Waals surface area contributed by atoms with Crippen molar-refractivity contribution in [3.05, 3.63) is 80.2 Å². The van der Waals surface area contributed by atoms with E-state index in [4.69, 9.17) is 51.8 Å². The van der Waals surface area contributed by atoms with E-state index in [0.29, 0.717) is 4.91 Å². The van der Waals surface area contributed by atoms with Crippen LogP contribution in [0.4, 0.5) is 0 Å². The molecule has 0 radical (unpaired) electrons. The van der Waals surface area contributed by atoms with Crippen LogP contribution in [0.25, 0.3) is 6.08 Å². The van der Waals surface area contributed by atoms with Crippen molar-refractivity contribution in [3.8, 4) is 5.75 Å². The van der Waals surface area contributed by atoms with Crippen molar-refractivity contribution in [2.75, 3.05) is 6.61 Å². The summed E-state index contributed by atoms with van der Waals surface area (Å²) in [4.78, 5) is 25.1. The summed E-state index contributed by atoms with van der Waals surface area (Å²) in [5.74, 6) is -0.823. The van der Waals surface area contributed by atoms with E-state index in [1.54, 1.807) is 12.2 Å². The quantitative estimate of drug-likeness (QED) is 0.322. The molecule has 0 atom stereocenters. The number of amides is 2. The lowest BCUT2D eigenvalue weighted by atomic mass is 10.2. The number of nitrogens with one attached hydrogen (secondary N) is 1. The Kier molecular flexibility index (Phi) is 7.80. The van der Waals surface area contributed by atoms with Crippen molar-refractivity contribution in [2.45, 2.75) is 0 Å². The first-order valence-electron chi connectivity index (χ1n) is 8.41. The lowest BCUT2D eigenvalue weighted by molar-refractivity contribution is -0.134. The Morgan fingerprint density at radius 2 is 1.83 bits per heavy atom. The first-order chi connectivity index (χ1) is 14.3. The largest absolute Gasteiger partial charge is 0.482 e. The number of thiocarbonyl (C=S) groups is 1. The Morgan fingerprint density at radius 3 is 2.57 bits per heavy atom. The van der Waals surface area contributed by atoms with Crippen LogP contribution in [0, 0.1) is 0 Å². The second-order valence-corrected chi connectivity index (χ2v) is 8.73. The maximum absolute atomic E-state index is 12.5. The summed E-state index contributed by atoms with van der Waals surface area (Å²) >= 11 is 24.1. The first-order valence-corrected chi connectivity index (χ1v) is 10.8. The zero-order valence-electron chi connectivity index (χ0n) is 15.1. The molecule has 0 unspecified atom stereocenters. The molecule has 2 aromatic rings. The van der Waals surface area contributed by atoms with Crippen LogP contribution in [-0.4, -0.2) is 27.8 Å². The van der Waals surface area contributed by atoms with E-state index in [0.717, 1.165) is 22.3 Å². The summed E-state index contributed by atoms with van der Waals surface area (Å²) in [5.41, 5.74) is 3.42. The molecular weight excluding hydrogens is 487 g/mol. The SMILES string of the molecule is O=C(COc1cc(Cl)c(Cl)cc1Cl)NN1C(=O)/C(=C/C=C/c2ccccc2)SC1=S. The number of benzene rings is 2. The number of allylic oxidation sites excluding steroid dienone is 2. The fourth-order valence-corrected chi connectivity index (χ4v) is 4.03. The number of nitrogens with zero attached hydrogens (tertiary/aromatic N) is 1. The average Bonchev–Trinajstić information content (AvgIpc) is 2.98. The summed E-state index contributed by atoms with van der Waals surface area (Å²) in [6.45, 7) is -0.401. The number of thioether (sulfide) groups is 1. The van der Waals surface area contributed by atoms with Crippen molar-refractivity contribution >= 4 is 81.0 Å². The van der Waals surface area contributed by atoms with Crippen molar-refractivity contribution in [1.29, 1.82) is 0 Å². The summed E-state index contributed by atoms with van der Waals surface area (Å²) in [6.07, 6.45) is 5.25. The van der Waals surface area contributed by atoms with Gasteiger partial charge in [-0.1, -0.05) is 89.0 Å². The zero-order valence-corrected chi connectivity index (χ0v) is 19.0. The smallest absolute Gasteiger partial charge is 0.285 e. The van der Waals surface area contributed by atoms with E-state index in [2.05, 4.69) is 5.43 Å². The lowest BCUT2D eigenvalue weighted by Gasteiger charge is -2.16. The molecule has 0 bridgehead atoms. The Morgan fingerprint density at radius 1 is 1.13 bits per heavy atom. The molecule has 10 heteroatoms. The van der Waals surface area contributed by atoms with Gasteiger partial charge in [0.15, 0.2) is 10.9 Å². The van der Waals surface area contributed by atoms with Crippen LogP contribution in [0.2, 0.25) is 15.1 Å². The molecule has 1 saturated heterocycles. The number of hydrazine groups is 1. The minimum Gasteiger partial charge on any atom is -0.482 e. The Balaban J connectivity index is 1.58. The molecule has 0 aromatic heterocycles. The molecule has 1 aliphatic rings. The van der Waals surface area contributed by atoms with Crippen molar-refractivity contribution in [1.82, 2.24) is 10.4 Å². The van der Waals surface area contributed by atoms with Crippen LogP contribution in [0.5, 0.6) is 5.75 Å². The molecule has 1 heterocycles. The normalized spacial score (nSPS) is 15.3. The number of hydrogen-bond acceptors (Lipinski definition) is 5. The Hall–Kier alpha value is -2.03. The molecule has 0 aliphatic carbocycles. The molecule has 0 spiro atoms. The van der Waals surface area contributed by atoms with Crippen molar-refractivity contribution in [3.63, 3.8) is 0 Å². The van der Waals surface area contributed by atoms with Crippen molar-refractivity contribution in [2.24, 2.45) is 0 Å². The summed E-state index contributed by atoms with van der Waals surface area (Å²) in [7, 11) is 0. The van der Waals surface area contributed by atoms with Crippen LogP contribution >= 0.6 is 58.8 Å². The van der Waals surface area contributed by atoms with Gasteiger partial charge in [0.05, 0.1) is 20.0 Å². The van der Waals surface area contributed by atoms with E-state index in [-0.39, 0.29) is 25.1 Å². The van der Waals surface area contributed by atoms with Crippen molar-refractivity contribution < 1.29 is 14.3 Å². The number of rotatable bonds is 6. The summed E-state index contributed by atoms with van der Waals surface area (Å²) in [6, 6.07) is 12.5. The van der Waals surface area contributed by atoms with Gasteiger partial charge in [0, 0.05) is 6.07 Å². The minimum absolute atomic E-state index is 0.192. The summed E-state index contributed by atoms with van der Waals surface area (Å²) < 4.78 is 5.56. The average molecular weight is 500 g/mol. The molecule has 1 N–H and O–H groups in total. The monoisotopic (exact) mass is 498 g/mol. The minimum atomic E-state index is -0.588. The number of carbonyl (C=O) groups excluding carboxylic acids is 2. The second-order valence-electron chi connectivity index (χ2n) is 5.83. The number of halogens is 3. The van der Waals surface area contributed by atoms with Gasteiger partial charge < -0.3 is 4.74 Å². The van der Waals surface area contributed by atoms with Crippen LogP contribution in [0.15, 0.2) is 59.5 Å². The molecule has 2 amide bonds. The third kappa shape index (κ3) is 5.77. The summed E-state index contributed by atoms with van der Waals surface area (Å²) in [5, 5.41) is 1.71. The third-order valence-corrected chi connectivity index (χ3v) is 6.04. The van der Waals surface area contributed by atoms with E-state index >= 15 is 0 Å². The lowest BCUT2D eigenvalue weighted by Crippen LogP contribution is -2.46. The predicted molar refractivity (Wildman–Crippen MR) is 126 cm³/mol. The number of hydrogen-bond donors (Lipinski definition) is 1. The van der Waals surface area contributed by atoms with E-state index in [9.17, 15) is 9.59 Å². The van der Waals surface area contributed by atoms with Gasteiger partial charge in [-0.05, 0) is 29.9 Å². The zero-order chi connectivity index (χ0) is 21.7. The first kappa shape index (κ1) is 22.7. The van der Waals surface area contributed by atoms with Gasteiger partial charge in [-0.15, -0.1) is 0 Å². The Bertz CT molecular complexity index is 1060. The van der Waals surface area contributed by atoms with Gasteiger partial charge in [0.1, 0.15) is 5.75 Å². The van der Waals surface area contributed by atoms with E-state index in [1.807, 2.05) is 36.4 Å². The van der Waals surface area contributed by atoms with Gasteiger partial charge in [0.2, 0.25) is 0 Å². The molecule has 1 aliphatic heterocycles. The molecule has 30 heavy (non-hydrogen) atoms. The van der Waals surface area contributed by atoms with E-state index < -0.39 is 18.4 Å². The maximum Gasteiger partial charge on any atom is 0.285 e. The van der Waals surface area contributed by atoms with Gasteiger partial charge in [-0.2, -0.15) is 5.01 Å². The van der Waals surface area contributed by atoms with Crippen LogP contribution in [0.1, 0.15) is 5.56 Å². The Labute approximate surface area is 197 Å². The van der Waals surface area contributed by atoms with Gasteiger partial charge in [0.25, 0.3) is 11.8 Å². The fourth-order valence-electron chi connectivity index (χ4n) is 2.30. The highest BCUT2D eigenvalue weighted by atomic mass is 35.5. The molecule has 154 valence electrons. The van der Waals surface area contributed by atoms with Crippen LogP contribution in [-0.2, 0) is 9.59 Å². The molecule has 3 rings (SSSR count). The highest BCUT2D eigenvalue weighted by Crippen LogP contribution is 2.34. The molecule has 5 nitrogen and oxygen atoms in total. The second kappa shape index (κ2) is 10.3. The standard InChI is InChI=1S/C20H13Cl3N2O3S2/c21-13-9-15(23)16(10-14(13)22)28-11-18(26)24-25-19(27)17(30-20(25)29)8-4-7-12-5-2-1-3-6-12/h1-10H,11H2,(H,24,26)/b7-4+,17-8-.